The molecular formula is C7H10N2O2S. The maximum absolute atomic E-state index is 10.9. The van der Waals surface area contributed by atoms with Crippen molar-refractivity contribution in [2.24, 2.45) is 4.99 Å². The van der Waals surface area contributed by atoms with Crippen LogP contribution >= 0.6 is 0 Å². The van der Waals surface area contributed by atoms with Gasteiger partial charge in [-0.05, 0) is 6.92 Å². The van der Waals surface area contributed by atoms with Crippen LogP contribution in [0.15, 0.2) is 29.5 Å². The van der Waals surface area contributed by atoms with Gasteiger partial charge in [0, 0.05) is 6.20 Å². The minimum atomic E-state index is -3.19. The highest BCUT2D eigenvalue weighted by Gasteiger charge is 2.25. The molecule has 1 aliphatic rings. The average molecular weight is 186 g/mol. The quantitative estimate of drug-likeness (QED) is 0.644. The van der Waals surface area contributed by atoms with Crippen LogP contribution in [-0.4, -0.2) is 19.9 Å². The van der Waals surface area contributed by atoms with Crippen LogP contribution < -0.4 is 4.72 Å². The van der Waals surface area contributed by atoms with E-state index in [1.54, 1.807) is 12.3 Å². The first-order valence-corrected chi connectivity index (χ1v) is 5.08. The molecule has 0 aromatic rings. The molecule has 1 heterocycles. The van der Waals surface area contributed by atoms with Crippen LogP contribution in [0.25, 0.3) is 0 Å². The molecular weight excluding hydrogens is 176 g/mol. The maximum Gasteiger partial charge on any atom is 0.238 e. The monoisotopic (exact) mass is 186 g/mol. The summed E-state index contributed by atoms with van der Waals surface area (Å²) in [4.78, 5) is 3.91. The molecule has 66 valence electrons. The SMILES string of the molecule is C=C1NS(=O)(=O)CC1=N/C=C\C. The summed E-state index contributed by atoms with van der Waals surface area (Å²) in [6, 6.07) is 0. The molecule has 1 rings (SSSR count). The Balaban J connectivity index is 2.92. The van der Waals surface area contributed by atoms with Gasteiger partial charge in [-0.15, -0.1) is 0 Å². The molecule has 5 heteroatoms. The van der Waals surface area contributed by atoms with Gasteiger partial charge in [0.05, 0.1) is 11.4 Å². The van der Waals surface area contributed by atoms with E-state index in [9.17, 15) is 8.42 Å². The fourth-order valence-corrected chi connectivity index (χ4v) is 2.00. The van der Waals surface area contributed by atoms with Crippen LogP contribution in [0.3, 0.4) is 0 Å². The number of rotatable bonds is 1. The first-order chi connectivity index (χ1) is 5.55. The van der Waals surface area contributed by atoms with Gasteiger partial charge in [0.2, 0.25) is 10.0 Å². The Hall–Kier alpha value is -1.10. The third kappa shape index (κ3) is 1.94. The number of nitrogens with zero attached hydrogens (tertiary/aromatic N) is 1. The second-order valence-electron chi connectivity index (χ2n) is 2.40. The van der Waals surface area contributed by atoms with Crippen LogP contribution in [-0.2, 0) is 10.0 Å². The van der Waals surface area contributed by atoms with Crippen LogP contribution in [0.1, 0.15) is 6.92 Å². The van der Waals surface area contributed by atoms with E-state index in [0.29, 0.717) is 11.4 Å². The third-order valence-corrected chi connectivity index (χ3v) is 2.54. The highest BCUT2D eigenvalue weighted by molar-refractivity contribution is 7.91. The molecule has 4 nitrogen and oxygen atoms in total. The fraction of sp³-hybridized carbons (Fsp3) is 0.286. The molecule has 0 aliphatic carbocycles. The largest absolute Gasteiger partial charge is 0.282 e. The van der Waals surface area contributed by atoms with Crippen LogP contribution in [0.4, 0.5) is 0 Å². The normalized spacial score (nSPS) is 25.1. The van der Waals surface area contributed by atoms with Crippen molar-refractivity contribution in [3.05, 3.63) is 24.6 Å². The van der Waals surface area contributed by atoms with Gasteiger partial charge in [-0.1, -0.05) is 12.7 Å². The summed E-state index contributed by atoms with van der Waals surface area (Å²) in [5, 5.41) is 0. The Labute approximate surface area is 71.7 Å². The summed E-state index contributed by atoms with van der Waals surface area (Å²) in [6.45, 7) is 5.34. The van der Waals surface area contributed by atoms with Crippen molar-refractivity contribution in [2.45, 2.75) is 6.92 Å². The fourth-order valence-electron chi connectivity index (χ4n) is 0.829. The number of aliphatic imine (C=N–C) groups is 1. The zero-order valence-corrected chi connectivity index (χ0v) is 7.56. The minimum Gasteiger partial charge on any atom is -0.282 e. The summed E-state index contributed by atoms with van der Waals surface area (Å²) in [5.74, 6) is -0.0732. The number of nitrogens with one attached hydrogen (secondary N) is 1. The molecule has 12 heavy (non-hydrogen) atoms. The van der Waals surface area contributed by atoms with Gasteiger partial charge in [0.1, 0.15) is 5.75 Å². The molecule has 0 atom stereocenters. The van der Waals surface area contributed by atoms with Gasteiger partial charge >= 0.3 is 0 Å². The van der Waals surface area contributed by atoms with Gasteiger partial charge < -0.3 is 0 Å². The molecule has 0 bridgehead atoms. The predicted octanol–water partition coefficient (Wildman–Crippen LogP) is 0.408. The molecule has 0 spiro atoms. The third-order valence-electron chi connectivity index (χ3n) is 1.33. The molecule has 0 amide bonds. The molecule has 0 saturated carbocycles. The number of allylic oxidation sites excluding steroid dienone is 2. The lowest BCUT2D eigenvalue weighted by molar-refractivity contribution is 0.596. The lowest BCUT2D eigenvalue weighted by Gasteiger charge is -1.90. The zero-order valence-electron chi connectivity index (χ0n) is 6.74. The summed E-state index contributed by atoms with van der Waals surface area (Å²) in [7, 11) is -3.19. The minimum absolute atomic E-state index is 0.0732. The van der Waals surface area contributed by atoms with Crippen molar-refractivity contribution >= 4 is 15.7 Å². The summed E-state index contributed by atoms with van der Waals surface area (Å²) >= 11 is 0. The van der Waals surface area contributed by atoms with Crippen LogP contribution in [0, 0.1) is 0 Å². The highest BCUT2D eigenvalue weighted by atomic mass is 32.2. The highest BCUT2D eigenvalue weighted by Crippen LogP contribution is 2.07. The maximum atomic E-state index is 10.9. The smallest absolute Gasteiger partial charge is 0.238 e. The van der Waals surface area contributed by atoms with Crippen molar-refractivity contribution in [2.75, 3.05) is 5.75 Å². The zero-order chi connectivity index (χ0) is 9.19. The lowest BCUT2D eigenvalue weighted by atomic mass is 10.3. The second kappa shape index (κ2) is 3.10. The van der Waals surface area contributed by atoms with Crippen molar-refractivity contribution < 1.29 is 8.42 Å². The van der Waals surface area contributed by atoms with Crippen molar-refractivity contribution in [3.8, 4) is 0 Å². The molecule has 0 aromatic heterocycles. The van der Waals surface area contributed by atoms with Crippen molar-refractivity contribution in [1.82, 2.24) is 4.72 Å². The first-order valence-electron chi connectivity index (χ1n) is 3.43. The van der Waals surface area contributed by atoms with E-state index in [4.69, 9.17) is 0 Å². The van der Waals surface area contributed by atoms with E-state index in [2.05, 4.69) is 16.3 Å². The standard InChI is InChI=1S/C7H10N2O2S/c1-3-4-8-7-5-12(10,11)9-6(7)2/h3-4,9H,2,5H2,1H3/b4-3-,8-7?. The molecule has 1 N–H and O–H groups in total. The van der Waals surface area contributed by atoms with Crippen molar-refractivity contribution in [3.63, 3.8) is 0 Å². The molecule has 0 unspecified atom stereocenters. The summed E-state index contributed by atoms with van der Waals surface area (Å²) in [6.07, 6.45) is 3.27. The van der Waals surface area contributed by atoms with Gasteiger partial charge in [-0.2, -0.15) is 0 Å². The number of hydrogen-bond donors (Lipinski definition) is 1. The molecule has 0 aromatic carbocycles. The Morgan fingerprint density at radius 1 is 1.67 bits per heavy atom. The van der Waals surface area contributed by atoms with Gasteiger partial charge in [-0.3, -0.25) is 9.71 Å². The summed E-state index contributed by atoms with van der Waals surface area (Å²) in [5.41, 5.74) is 0.848. The summed E-state index contributed by atoms with van der Waals surface area (Å²) < 4.78 is 24.1. The Bertz CT molecular complexity index is 352. The Morgan fingerprint density at radius 3 is 2.75 bits per heavy atom. The van der Waals surface area contributed by atoms with E-state index in [1.165, 1.54) is 0 Å². The molecule has 1 saturated heterocycles. The van der Waals surface area contributed by atoms with E-state index < -0.39 is 10.0 Å². The Morgan fingerprint density at radius 2 is 2.33 bits per heavy atom. The lowest BCUT2D eigenvalue weighted by Crippen LogP contribution is -2.13. The molecule has 0 radical (unpaired) electrons. The van der Waals surface area contributed by atoms with Gasteiger partial charge in [0.15, 0.2) is 0 Å². The number of hydrogen-bond acceptors (Lipinski definition) is 3. The molecule has 1 aliphatic heterocycles. The number of sulfonamides is 1. The average Bonchev–Trinajstić information content (AvgIpc) is 2.20. The topological polar surface area (TPSA) is 58.5 Å². The van der Waals surface area contributed by atoms with Crippen LogP contribution in [0.2, 0.25) is 0 Å². The van der Waals surface area contributed by atoms with Gasteiger partial charge in [0.25, 0.3) is 0 Å². The van der Waals surface area contributed by atoms with Gasteiger partial charge in [-0.25, -0.2) is 8.42 Å². The van der Waals surface area contributed by atoms with E-state index in [1.807, 2.05) is 6.92 Å². The van der Waals surface area contributed by atoms with E-state index in [-0.39, 0.29) is 5.75 Å². The first kappa shape index (κ1) is 8.99. The van der Waals surface area contributed by atoms with E-state index >= 15 is 0 Å². The molecule has 1 fully saturated rings. The predicted molar refractivity (Wildman–Crippen MR) is 48.3 cm³/mol. The Kier molecular flexibility index (Phi) is 2.32. The van der Waals surface area contributed by atoms with E-state index in [0.717, 1.165) is 0 Å². The van der Waals surface area contributed by atoms with Crippen LogP contribution in [0.5, 0.6) is 0 Å². The van der Waals surface area contributed by atoms with Crippen molar-refractivity contribution in [1.29, 1.82) is 0 Å². The second-order valence-corrected chi connectivity index (χ2v) is 4.12.